The Morgan fingerprint density at radius 3 is 1.60 bits per heavy atom. The Labute approximate surface area is 147 Å². The van der Waals surface area contributed by atoms with E-state index in [1.165, 1.54) is 0 Å². The maximum atomic E-state index is 12.2. The Hall–Kier alpha value is -0.860. The number of fused-ring (bicyclic) bond motifs is 2. The maximum absolute atomic E-state index is 12.2. The van der Waals surface area contributed by atoms with Crippen molar-refractivity contribution < 1.29 is 33.3 Å². The van der Waals surface area contributed by atoms with Gasteiger partial charge in [0, 0.05) is 0 Å². The molecular formula is C18H26O7. The third-order valence-corrected chi connectivity index (χ3v) is 5.29. The lowest BCUT2D eigenvalue weighted by Gasteiger charge is -2.32. The fourth-order valence-electron chi connectivity index (χ4n) is 3.65. The van der Waals surface area contributed by atoms with Crippen LogP contribution in [0.15, 0.2) is 0 Å². The molecule has 0 bridgehead atoms. The lowest BCUT2D eigenvalue weighted by molar-refractivity contribution is -0.279. The zero-order valence-electron chi connectivity index (χ0n) is 14.7. The van der Waals surface area contributed by atoms with Crippen LogP contribution in [0, 0.1) is 0 Å². The van der Waals surface area contributed by atoms with Crippen LogP contribution in [-0.2, 0) is 33.3 Å². The SMILES string of the molecule is CCCCC1OC(OC2OC(CCCC)C(=O)C3OC23)C2OC2C1=O. The van der Waals surface area contributed by atoms with E-state index in [1.54, 1.807) is 0 Å². The Bertz CT molecular complexity index is 490. The van der Waals surface area contributed by atoms with E-state index >= 15 is 0 Å². The first-order valence-electron chi connectivity index (χ1n) is 9.48. The second-order valence-electron chi connectivity index (χ2n) is 7.25. The van der Waals surface area contributed by atoms with Crippen molar-refractivity contribution in [3.05, 3.63) is 0 Å². The Balaban J connectivity index is 1.37. The molecule has 4 fully saturated rings. The summed E-state index contributed by atoms with van der Waals surface area (Å²) in [6, 6.07) is 0. The summed E-state index contributed by atoms with van der Waals surface area (Å²) in [6.07, 6.45) is 1.38. The number of unbranched alkanes of at least 4 members (excludes halogenated alkanes) is 2. The molecule has 0 radical (unpaired) electrons. The van der Waals surface area contributed by atoms with Crippen molar-refractivity contribution >= 4 is 11.6 Å². The molecule has 7 nitrogen and oxygen atoms in total. The molecule has 4 heterocycles. The Morgan fingerprint density at radius 1 is 0.760 bits per heavy atom. The summed E-state index contributed by atoms with van der Waals surface area (Å²) >= 11 is 0. The molecule has 140 valence electrons. The predicted molar refractivity (Wildman–Crippen MR) is 84.8 cm³/mol. The first-order chi connectivity index (χ1) is 12.1. The molecule has 0 aromatic heterocycles. The number of ketones is 2. The van der Waals surface area contributed by atoms with Crippen LogP contribution in [0.4, 0.5) is 0 Å². The fourth-order valence-corrected chi connectivity index (χ4v) is 3.65. The van der Waals surface area contributed by atoms with Gasteiger partial charge >= 0.3 is 0 Å². The predicted octanol–water partition coefficient (Wildman–Crippen LogP) is 1.51. The lowest BCUT2D eigenvalue weighted by Crippen LogP contribution is -2.49. The lowest BCUT2D eigenvalue weighted by atomic mass is 10.0. The van der Waals surface area contributed by atoms with Gasteiger partial charge in [-0.05, 0) is 12.8 Å². The van der Waals surface area contributed by atoms with Gasteiger partial charge in [0.2, 0.25) is 0 Å². The molecule has 0 aromatic rings. The van der Waals surface area contributed by atoms with Crippen LogP contribution in [0.1, 0.15) is 52.4 Å². The van der Waals surface area contributed by atoms with Gasteiger partial charge in [-0.25, -0.2) is 0 Å². The van der Waals surface area contributed by atoms with Gasteiger partial charge < -0.3 is 23.7 Å². The number of hydrogen-bond donors (Lipinski definition) is 0. The fraction of sp³-hybridized carbons (Fsp3) is 0.889. The highest BCUT2D eigenvalue weighted by atomic mass is 16.8. The molecule has 0 amide bonds. The number of rotatable bonds is 8. The van der Waals surface area contributed by atoms with E-state index in [0.29, 0.717) is 12.8 Å². The van der Waals surface area contributed by atoms with Crippen LogP contribution >= 0.6 is 0 Å². The minimum atomic E-state index is -0.639. The minimum absolute atomic E-state index is 0.0133. The Morgan fingerprint density at radius 2 is 1.20 bits per heavy atom. The maximum Gasteiger partial charge on any atom is 0.193 e. The topological polar surface area (TPSA) is 86.9 Å². The molecule has 0 N–H and O–H groups in total. The molecule has 0 aliphatic carbocycles. The zero-order valence-corrected chi connectivity index (χ0v) is 14.7. The molecule has 4 aliphatic rings. The van der Waals surface area contributed by atoms with E-state index in [4.69, 9.17) is 23.7 Å². The van der Waals surface area contributed by atoms with Crippen molar-refractivity contribution in [3.8, 4) is 0 Å². The summed E-state index contributed by atoms with van der Waals surface area (Å²) in [7, 11) is 0. The standard InChI is InChI=1S/C18H26O7/c1-3-5-7-9-11(19)13-15(23-13)17(21-9)25-18-16-14(24-16)12(20)10(22-18)8-6-4-2/h9-10,13-18H,3-8H2,1-2H3. The van der Waals surface area contributed by atoms with Crippen LogP contribution in [0.2, 0.25) is 0 Å². The van der Waals surface area contributed by atoms with Crippen molar-refractivity contribution in [2.24, 2.45) is 0 Å². The van der Waals surface area contributed by atoms with E-state index < -0.39 is 37.0 Å². The molecule has 8 unspecified atom stereocenters. The highest BCUT2D eigenvalue weighted by molar-refractivity contribution is 5.91. The molecule has 25 heavy (non-hydrogen) atoms. The Kier molecular flexibility index (Phi) is 4.94. The number of carbonyl (C=O) groups excluding carboxylic acids is 2. The molecule has 4 aliphatic heterocycles. The van der Waals surface area contributed by atoms with Gasteiger partial charge in [0.1, 0.15) is 24.4 Å². The van der Waals surface area contributed by atoms with Crippen molar-refractivity contribution in [1.29, 1.82) is 0 Å². The van der Waals surface area contributed by atoms with Crippen LogP contribution in [-0.4, -0.2) is 60.8 Å². The van der Waals surface area contributed by atoms with E-state index in [2.05, 4.69) is 13.8 Å². The number of Topliss-reactive ketones (excluding diaryl/α,β-unsaturated/α-hetero) is 2. The second-order valence-corrected chi connectivity index (χ2v) is 7.25. The molecule has 0 saturated carbocycles. The highest BCUT2D eigenvalue weighted by Crippen LogP contribution is 2.41. The normalized spacial score (nSPS) is 45.0. The second kappa shape index (κ2) is 7.04. The number of epoxide rings is 2. The molecule has 7 heteroatoms. The zero-order chi connectivity index (χ0) is 17.6. The first kappa shape index (κ1) is 17.5. The average Bonchev–Trinajstić information content (AvgIpc) is 3.49. The number of ether oxygens (including phenoxy) is 5. The summed E-state index contributed by atoms with van der Waals surface area (Å²) in [4.78, 5) is 24.4. The van der Waals surface area contributed by atoms with Crippen molar-refractivity contribution in [2.75, 3.05) is 0 Å². The van der Waals surface area contributed by atoms with E-state index in [1.807, 2.05) is 0 Å². The van der Waals surface area contributed by atoms with Gasteiger partial charge in [-0.15, -0.1) is 0 Å². The summed E-state index contributed by atoms with van der Waals surface area (Å²) in [6.45, 7) is 4.15. The van der Waals surface area contributed by atoms with Gasteiger partial charge in [0.05, 0.1) is 0 Å². The van der Waals surface area contributed by atoms with Crippen molar-refractivity contribution in [2.45, 2.75) is 102 Å². The first-order valence-corrected chi connectivity index (χ1v) is 9.48. The largest absolute Gasteiger partial charge is 0.356 e. The van der Waals surface area contributed by atoms with Gasteiger partial charge in [-0.3, -0.25) is 9.59 Å². The van der Waals surface area contributed by atoms with Gasteiger partial charge in [-0.1, -0.05) is 39.5 Å². The van der Waals surface area contributed by atoms with Gasteiger partial charge in [-0.2, -0.15) is 0 Å². The van der Waals surface area contributed by atoms with Gasteiger partial charge in [0.25, 0.3) is 0 Å². The summed E-state index contributed by atoms with van der Waals surface area (Å²) in [5, 5.41) is 0. The van der Waals surface area contributed by atoms with Crippen molar-refractivity contribution in [3.63, 3.8) is 0 Å². The third-order valence-electron chi connectivity index (χ3n) is 5.29. The smallest absolute Gasteiger partial charge is 0.193 e. The molecular weight excluding hydrogens is 328 g/mol. The van der Waals surface area contributed by atoms with Crippen LogP contribution in [0.5, 0.6) is 0 Å². The van der Waals surface area contributed by atoms with E-state index in [9.17, 15) is 9.59 Å². The van der Waals surface area contributed by atoms with E-state index in [0.717, 1.165) is 25.7 Å². The van der Waals surface area contributed by atoms with Crippen molar-refractivity contribution in [1.82, 2.24) is 0 Å². The average molecular weight is 354 g/mol. The summed E-state index contributed by atoms with van der Waals surface area (Å²) < 4.78 is 28.6. The summed E-state index contributed by atoms with van der Waals surface area (Å²) in [5.74, 6) is 0.0267. The van der Waals surface area contributed by atoms with Gasteiger partial charge in [0.15, 0.2) is 36.4 Å². The molecule has 0 aromatic carbocycles. The molecule has 4 saturated heterocycles. The molecule has 4 rings (SSSR count). The highest BCUT2D eigenvalue weighted by Gasteiger charge is 2.62. The minimum Gasteiger partial charge on any atom is -0.356 e. The van der Waals surface area contributed by atoms with Crippen LogP contribution < -0.4 is 0 Å². The van der Waals surface area contributed by atoms with Crippen LogP contribution in [0.3, 0.4) is 0 Å². The monoisotopic (exact) mass is 354 g/mol. The quantitative estimate of drug-likeness (QED) is 0.611. The summed E-state index contributed by atoms with van der Waals surface area (Å²) in [5.41, 5.74) is 0. The molecule has 0 spiro atoms. The third kappa shape index (κ3) is 3.40. The molecule has 8 atom stereocenters. The number of carbonyl (C=O) groups is 2. The number of hydrogen-bond acceptors (Lipinski definition) is 7. The van der Waals surface area contributed by atoms with Crippen LogP contribution in [0.25, 0.3) is 0 Å². The van der Waals surface area contributed by atoms with E-state index in [-0.39, 0.29) is 23.8 Å².